The minimum absolute atomic E-state index is 0.0165. The highest BCUT2D eigenvalue weighted by Gasteiger charge is 2.15. The van der Waals surface area contributed by atoms with E-state index in [0.717, 1.165) is 18.9 Å². The van der Waals surface area contributed by atoms with E-state index in [-0.39, 0.29) is 29.2 Å². The molecule has 0 saturated heterocycles. The molecule has 0 atom stereocenters. The van der Waals surface area contributed by atoms with Gasteiger partial charge in [0, 0.05) is 18.6 Å². The molecule has 0 saturated carbocycles. The smallest absolute Gasteiger partial charge is 0.270 e. The molecule has 0 aromatic heterocycles. The van der Waals surface area contributed by atoms with Crippen molar-refractivity contribution in [1.82, 2.24) is 0 Å². The molecule has 0 unspecified atom stereocenters. The molecule has 1 aromatic rings. The molecule has 0 aliphatic heterocycles. The quantitative estimate of drug-likeness (QED) is 0.264. The number of nitro groups is 1. The van der Waals surface area contributed by atoms with Crippen molar-refractivity contribution >= 4 is 11.5 Å². The molecule has 5 heteroatoms. The number of ketones is 1. The van der Waals surface area contributed by atoms with Crippen molar-refractivity contribution in [3.05, 3.63) is 46.5 Å². The number of carbonyl (C=O) groups excluding carboxylic acids is 1. The average molecular weight is 249 g/mol. The van der Waals surface area contributed by atoms with Gasteiger partial charge in [-0.2, -0.15) is 0 Å². The Balaban J connectivity index is 2.75. The van der Waals surface area contributed by atoms with Gasteiger partial charge in [0.2, 0.25) is 0 Å². The van der Waals surface area contributed by atoms with Crippen LogP contribution in [0.25, 0.3) is 0 Å². The van der Waals surface area contributed by atoms with Crippen LogP contribution in [0.2, 0.25) is 0 Å². The summed E-state index contributed by atoms with van der Waals surface area (Å²) >= 11 is 0. The summed E-state index contributed by atoms with van der Waals surface area (Å²) < 4.78 is 0. The Bertz CT molecular complexity index is 468. The standard InChI is InChI=1S/C13H15NO4/c1-2-3-4-5-6-12(15)11-9-10(14(17)18)7-8-13(11)16/h2,7-9,16H,1,3-6H2. The number of carbonyl (C=O) groups is 1. The maximum atomic E-state index is 11.8. The van der Waals surface area contributed by atoms with E-state index >= 15 is 0 Å². The van der Waals surface area contributed by atoms with Crippen LogP contribution < -0.4 is 0 Å². The monoisotopic (exact) mass is 249 g/mol. The molecule has 0 fully saturated rings. The predicted molar refractivity (Wildman–Crippen MR) is 67.8 cm³/mol. The molecule has 0 bridgehead atoms. The van der Waals surface area contributed by atoms with Crippen LogP contribution in [0.3, 0.4) is 0 Å². The van der Waals surface area contributed by atoms with Crippen molar-refractivity contribution in [2.45, 2.75) is 25.7 Å². The zero-order chi connectivity index (χ0) is 13.5. The van der Waals surface area contributed by atoms with Gasteiger partial charge in [-0.1, -0.05) is 6.08 Å². The van der Waals surface area contributed by atoms with Crippen molar-refractivity contribution in [3.63, 3.8) is 0 Å². The molecular weight excluding hydrogens is 234 g/mol. The summed E-state index contributed by atoms with van der Waals surface area (Å²) in [7, 11) is 0. The van der Waals surface area contributed by atoms with Gasteiger partial charge in [-0.05, 0) is 25.3 Å². The minimum Gasteiger partial charge on any atom is -0.507 e. The average Bonchev–Trinajstić information content (AvgIpc) is 2.34. The van der Waals surface area contributed by atoms with Crippen LogP contribution in [-0.4, -0.2) is 15.8 Å². The highest BCUT2D eigenvalue weighted by molar-refractivity contribution is 5.99. The minimum atomic E-state index is -0.589. The van der Waals surface area contributed by atoms with Crippen LogP contribution in [0.5, 0.6) is 5.75 Å². The number of nitro benzene ring substituents is 1. The number of non-ortho nitro benzene ring substituents is 1. The maximum absolute atomic E-state index is 11.8. The molecule has 0 aliphatic carbocycles. The number of Topliss-reactive ketones (excluding diaryl/α,β-unsaturated/α-hetero) is 1. The van der Waals surface area contributed by atoms with Crippen LogP contribution in [0.15, 0.2) is 30.9 Å². The first-order valence-electron chi connectivity index (χ1n) is 5.67. The Morgan fingerprint density at radius 2 is 2.17 bits per heavy atom. The highest BCUT2D eigenvalue weighted by atomic mass is 16.6. The summed E-state index contributed by atoms with van der Waals surface area (Å²) in [6.07, 6.45) is 4.38. The van der Waals surface area contributed by atoms with Crippen molar-refractivity contribution < 1.29 is 14.8 Å². The van der Waals surface area contributed by atoms with Gasteiger partial charge in [0.25, 0.3) is 5.69 Å². The molecule has 96 valence electrons. The zero-order valence-electron chi connectivity index (χ0n) is 9.96. The number of nitrogens with zero attached hydrogens (tertiary/aromatic N) is 1. The third-order valence-electron chi connectivity index (χ3n) is 2.55. The fourth-order valence-corrected chi connectivity index (χ4v) is 1.57. The lowest BCUT2D eigenvalue weighted by Gasteiger charge is -2.03. The van der Waals surface area contributed by atoms with E-state index in [4.69, 9.17) is 0 Å². The number of unbranched alkanes of at least 4 members (excludes halogenated alkanes) is 2. The van der Waals surface area contributed by atoms with Crippen molar-refractivity contribution in [3.8, 4) is 5.75 Å². The Morgan fingerprint density at radius 1 is 1.44 bits per heavy atom. The van der Waals surface area contributed by atoms with Crippen LogP contribution in [0, 0.1) is 10.1 Å². The third kappa shape index (κ3) is 3.69. The van der Waals surface area contributed by atoms with Gasteiger partial charge < -0.3 is 5.11 Å². The van der Waals surface area contributed by atoms with Gasteiger partial charge in [0.05, 0.1) is 10.5 Å². The van der Waals surface area contributed by atoms with E-state index in [9.17, 15) is 20.0 Å². The number of benzene rings is 1. The third-order valence-corrected chi connectivity index (χ3v) is 2.55. The van der Waals surface area contributed by atoms with Gasteiger partial charge in [-0.3, -0.25) is 14.9 Å². The number of hydrogen-bond donors (Lipinski definition) is 1. The summed E-state index contributed by atoms with van der Waals surface area (Å²) in [6.45, 7) is 3.58. The SMILES string of the molecule is C=CCCCCC(=O)c1cc([N+](=O)[O-])ccc1O. The number of phenols is 1. The van der Waals surface area contributed by atoms with Gasteiger partial charge in [-0.25, -0.2) is 0 Å². The first-order valence-corrected chi connectivity index (χ1v) is 5.67. The molecule has 1 rings (SSSR count). The normalized spacial score (nSPS) is 10.0. The number of rotatable bonds is 7. The molecular formula is C13H15NO4. The number of aromatic hydroxyl groups is 1. The van der Waals surface area contributed by atoms with Gasteiger partial charge in [0.15, 0.2) is 5.78 Å². The Hall–Kier alpha value is -2.17. The molecule has 18 heavy (non-hydrogen) atoms. The Kier molecular flexibility index (Phi) is 5.05. The maximum Gasteiger partial charge on any atom is 0.270 e. The second kappa shape index (κ2) is 6.54. The Labute approximate surface area is 105 Å². The van der Waals surface area contributed by atoms with Gasteiger partial charge in [0.1, 0.15) is 5.75 Å². The molecule has 0 aliphatic rings. The predicted octanol–water partition coefficient (Wildman–Crippen LogP) is 3.23. The van der Waals surface area contributed by atoms with Gasteiger partial charge in [-0.15, -0.1) is 6.58 Å². The van der Waals surface area contributed by atoms with Crippen molar-refractivity contribution in [2.75, 3.05) is 0 Å². The molecule has 0 spiro atoms. The first-order chi connectivity index (χ1) is 8.56. The number of allylic oxidation sites excluding steroid dienone is 1. The van der Waals surface area contributed by atoms with E-state index < -0.39 is 4.92 Å². The molecule has 0 radical (unpaired) electrons. The summed E-state index contributed by atoms with van der Waals surface area (Å²) in [5.74, 6) is -0.491. The number of phenolic OH excluding ortho intramolecular Hbond substituents is 1. The second-order valence-electron chi connectivity index (χ2n) is 3.92. The van der Waals surface area contributed by atoms with E-state index in [1.165, 1.54) is 12.1 Å². The lowest BCUT2D eigenvalue weighted by Crippen LogP contribution is -2.01. The van der Waals surface area contributed by atoms with Crippen LogP contribution in [-0.2, 0) is 0 Å². The van der Waals surface area contributed by atoms with E-state index in [1.807, 2.05) is 0 Å². The zero-order valence-corrected chi connectivity index (χ0v) is 9.96. The van der Waals surface area contributed by atoms with E-state index in [2.05, 4.69) is 6.58 Å². The number of hydrogen-bond acceptors (Lipinski definition) is 4. The van der Waals surface area contributed by atoms with Crippen LogP contribution >= 0.6 is 0 Å². The van der Waals surface area contributed by atoms with Crippen LogP contribution in [0.1, 0.15) is 36.0 Å². The fraction of sp³-hybridized carbons (Fsp3) is 0.308. The summed E-state index contributed by atoms with van der Waals surface area (Å²) in [4.78, 5) is 21.8. The lowest BCUT2D eigenvalue weighted by atomic mass is 10.0. The van der Waals surface area contributed by atoms with E-state index in [1.54, 1.807) is 6.08 Å². The molecule has 1 N–H and O–H groups in total. The molecule has 1 aromatic carbocycles. The molecule has 0 heterocycles. The summed E-state index contributed by atoms with van der Waals surface area (Å²) in [5.41, 5.74) is -0.176. The molecule has 5 nitrogen and oxygen atoms in total. The topological polar surface area (TPSA) is 80.4 Å². The molecule has 0 amide bonds. The second-order valence-corrected chi connectivity index (χ2v) is 3.92. The van der Waals surface area contributed by atoms with E-state index in [0.29, 0.717) is 6.42 Å². The Morgan fingerprint density at radius 3 is 2.78 bits per heavy atom. The lowest BCUT2D eigenvalue weighted by molar-refractivity contribution is -0.384. The van der Waals surface area contributed by atoms with Crippen LogP contribution in [0.4, 0.5) is 5.69 Å². The highest BCUT2D eigenvalue weighted by Crippen LogP contribution is 2.24. The first kappa shape index (κ1) is 13.9. The largest absolute Gasteiger partial charge is 0.507 e. The summed E-state index contributed by atoms with van der Waals surface area (Å²) in [5, 5.41) is 20.1. The fourth-order valence-electron chi connectivity index (χ4n) is 1.57. The van der Waals surface area contributed by atoms with Gasteiger partial charge >= 0.3 is 0 Å². The summed E-state index contributed by atoms with van der Waals surface area (Å²) in [6, 6.07) is 3.46. The van der Waals surface area contributed by atoms with Crippen molar-refractivity contribution in [2.24, 2.45) is 0 Å². The van der Waals surface area contributed by atoms with Crippen molar-refractivity contribution in [1.29, 1.82) is 0 Å².